The third-order valence-electron chi connectivity index (χ3n) is 5.42. The van der Waals surface area contributed by atoms with Gasteiger partial charge in [-0.25, -0.2) is 4.79 Å². The number of Topliss-reactive ketones (excluding diaryl/α,β-unsaturated/α-hetero) is 1. The average molecular weight is 333 g/mol. The molecule has 1 heterocycles. The number of hydrogen-bond donors (Lipinski definition) is 1. The molecule has 1 saturated carbocycles. The second-order valence-corrected chi connectivity index (χ2v) is 7.51. The number of amides is 3. The molecule has 2 aliphatic rings. The van der Waals surface area contributed by atoms with Gasteiger partial charge >= 0.3 is 6.03 Å². The molecule has 132 valence electrons. The smallest absolute Gasteiger partial charge is 0.321 e. The zero-order chi connectivity index (χ0) is 18.0. The SMILES string of the molecule is CCN1C(=O)NC(=O)C(C(C)C)C1CC1CC(C)CC(C#N)C1=O. The van der Waals surface area contributed by atoms with Crippen LogP contribution < -0.4 is 5.32 Å². The fraction of sp³-hybridized carbons (Fsp3) is 0.778. The number of carbonyl (C=O) groups is 3. The summed E-state index contributed by atoms with van der Waals surface area (Å²) in [7, 11) is 0. The first kappa shape index (κ1) is 18.4. The van der Waals surface area contributed by atoms with Gasteiger partial charge in [0.2, 0.25) is 5.91 Å². The van der Waals surface area contributed by atoms with Crippen LogP contribution in [0, 0.1) is 40.9 Å². The Morgan fingerprint density at radius 1 is 1.29 bits per heavy atom. The van der Waals surface area contributed by atoms with Crippen molar-refractivity contribution in [1.29, 1.82) is 5.26 Å². The van der Waals surface area contributed by atoms with Gasteiger partial charge in [-0.1, -0.05) is 20.8 Å². The van der Waals surface area contributed by atoms with Crippen LogP contribution in [0.25, 0.3) is 0 Å². The van der Waals surface area contributed by atoms with E-state index in [1.807, 2.05) is 20.8 Å². The molecule has 2 rings (SSSR count). The van der Waals surface area contributed by atoms with Crippen LogP contribution in [-0.2, 0) is 9.59 Å². The summed E-state index contributed by atoms with van der Waals surface area (Å²) in [6.45, 7) is 8.35. The molecule has 0 aromatic rings. The van der Waals surface area contributed by atoms with Gasteiger partial charge in [0.15, 0.2) is 5.78 Å². The Labute approximate surface area is 143 Å². The number of nitrogens with zero attached hydrogens (tertiary/aromatic N) is 2. The first-order valence-electron chi connectivity index (χ1n) is 8.84. The van der Waals surface area contributed by atoms with Gasteiger partial charge in [-0.15, -0.1) is 0 Å². The lowest BCUT2D eigenvalue weighted by Crippen LogP contribution is -2.62. The molecule has 3 amide bonds. The van der Waals surface area contributed by atoms with Crippen molar-refractivity contribution in [2.24, 2.45) is 29.6 Å². The minimum Gasteiger partial charge on any atom is -0.321 e. The maximum Gasteiger partial charge on any atom is 0.324 e. The van der Waals surface area contributed by atoms with Crippen LogP contribution >= 0.6 is 0 Å². The van der Waals surface area contributed by atoms with Crippen molar-refractivity contribution in [2.75, 3.05) is 6.54 Å². The Kier molecular flexibility index (Phi) is 5.63. The standard InChI is InChI=1S/C18H27N3O3/c1-5-21-14(15(10(2)3)17(23)20-18(21)24)8-12-6-11(4)7-13(9-19)16(12)22/h10-15H,5-8H2,1-4H3,(H,20,23,24). The Bertz CT molecular complexity index is 566. The van der Waals surface area contributed by atoms with E-state index in [-0.39, 0.29) is 41.5 Å². The summed E-state index contributed by atoms with van der Waals surface area (Å²) in [6.07, 6.45) is 1.81. The summed E-state index contributed by atoms with van der Waals surface area (Å²) in [5, 5.41) is 11.7. The number of carbonyl (C=O) groups excluding carboxylic acids is 3. The molecule has 24 heavy (non-hydrogen) atoms. The number of ketones is 1. The highest BCUT2D eigenvalue weighted by Crippen LogP contribution is 2.36. The van der Waals surface area contributed by atoms with Crippen molar-refractivity contribution in [3.05, 3.63) is 0 Å². The second kappa shape index (κ2) is 7.33. The monoisotopic (exact) mass is 333 g/mol. The predicted molar refractivity (Wildman–Crippen MR) is 88.6 cm³/mol. The van der Waals surface area contributed by atoms with E-state index >= 15 is 0 Å². The van der Waals surface area contributed by atoms with Crippen LogP contribution in [0.3, 0.4) is 0 Å². The van der Waals surface area contributed by atoms with Gasteiger partial charge in [-0.05, 0) is 38.0 Å². The van der Waals surface area contributed by atoms with Crippen LogP contribution in [0.2, 0.25) is 0 Å². The van der Waals surface area contributed by atoms with E-state index in [1.54, 1.807) is 4.90 Å². The fourth-order valence-corrected chi connectivity index (χ4v) is 4.30. The topological polar surface area (TPSA) is 90.3 Å². The van der Waals surface area contributed by atoms with E-state index in [9.17, 15) is 19.6 Å². The second-order valence-electron chi connectivity index (χ2n) is 7.51. The molecule has 0 aromatic carbocycles. The number of rotatable bonds is 4. The van der Waals surface area contributed by atoms with Crippen molar-refractivity contribution < 1.29 is 14.4 Å². The minimum absolute atomic E-state index is 0.0208. The summed E-state index contributed by atoms with van der Waals surface area (Å²) >= 11 is 0. The van der Waals surface area contributed by atoms with Gasteiger partial charge in [0, 0.05) is 18.5 Å². The van der Waals surface area contributed by atoms with E-state index in [0.717, 1.165) is 6.42 Å². The molecule has 0 spiro atoms. The maximum atomic E-state index is 12.6. The molecular weight excluding hydrogens is 306 g/mol. The first-order chi connectivity index (χ1) is 11.3. The van der Waals surface area contributed by atoms with Crippen molar-refractivity contribution in [2.45, 2.75) is 53.0 Å². The average Bonchev–Trinajstić information content (AvgIpc) is 2.49. The number of imide groups is 1. The molecule has 6 heteroatoms. The number of nitriles is 1. The first-order valence-corrected chi connectivity index (χ1v) is 8.84. The molecule has 5 unspecified atom stereocenters. The number of hydrogen-bond acceptors (Lipinski definition) is 4. The van der Waals surface area contributed by atoms with Crippen LogP contribution in [0.1, 0.15) is 47.0 Å². The molecule has 1 N–H and O–H groups in total. The van der Waals surface area contributed by atoms with Crippen LogP contribution in [0.15, 0.2) is 0 Å². The van der Waals surface area contributed by atoms with E-state index in [1.165, 1.54) is 0 Å². The molecule has 0 aromatic heterocycles. The third-order valence-corrected chi connectivity index (χ3v) is 5.42. The third kappa shape index (κ3) is 3.45. The summed E-state index contributed by atoms with van der Waals surface area (Å²) < 4.78 is 0. The lowest BCUT2D eigenvalue weighted by Gasteiger charge is -2.43. The summed E-state index contributed by atoms with van der Waals surface area (Å²) in [4.78, 5) is 38.8. The molecule has 0 radical (unpaired) electrons. The molecule has 1 aliphatic heterocycles. The van der Waals surface area contributed by atoms with Crippen molar-refractivity contribution >= 4 is 17.7 Å². The maximum absolute atomic E-state index is 12.6. The van der Waals surface area contributed by atoms with Crippen molar-refractivity contribution in [3.8, 4) is 6.07 Å². The number of nitrogens with one attached hydrogen (secondary N) is 1. The Morgan fingerprint density at radius 2 is 1.96 bits per heavy atom. The van der Waals surface area contributed by atoms with Gasteiger partial charge < -0.3 is 4.90 Å². The summed E-state index contributed by atoms with van der Waals surface area (Å²) in [5.41, 5.74) is 0. The molecular formula is C18H27N3O3. The van der Waals surface area contributed by atoms with Gasteiger partial charge in [0.25, 0.3) is 0 Å². The zero-order valence-electron chi connectivity index (χ0n) is 14.9. The van der Waals surface area contributed by atoms with Crippen molar-refractivity contribution in [3.63, 3.8) is 0 Å². The van der Waals surface area contributed by atoms with Crippen molar-refractivity contribution in [1.82, 2.24) is 10.2 Å². The Hall–Kier alpha value is -1.90. The van der Waals surface area contributed by atoms with Crippen LogP contribution in [-0.4, -0.2) is 35.2 Å². The van der Waals surface area contributed by atoms with E-state index in [0.29, 0.717) is 25.3 Å². The van der Waals surface area contributed by atoms with E-state index < -0.39 is 5.92 Å². The molecule has 0 bridgehead atoms. The molecule has 6 nitrogen and oxygen atoms in total. The lowest BCUT2D eigenvalue weighted by atomic mass is 9.70. The molecule has 1 saturated heterocycles. The van der Waals surface area contributed by atoms with Crippen LogP contribution in [0.4, 0.5) is 4.79 Å². The minimum atomic E-state index is -0.556. The van der Waals surface area contributed by atoms with Crippen LogP contribution in [0.5, 0.6) is 0 Å². The van der Waals surface area contributed by atoms with Gasteiger partial charge in [0.1, 0.15) is 5.92 Å². The normalized spacial score (nSPS) is 34.2. The van der Waals surface area contributed by atoms with E-state index in [4.69, 9.17) is 0 Å². The Morgan fingerprint density at radius 3 is 2.50 bits per heavy atom. The summed E-state index contributed by atoms with van der Waals surface area (Å²) in [5.74, 6) is -1.03. The molecule has 2 fully saturated rings. The highest BCUT2D eigenvalue weighted by Gasteiger charge is 2.45. The van der Waals surface area contributed by atoms with E-state index in [2.05, 4.69) is 18.3 Å². The van der Waals surface area contributed by atoms with Gasteiger partial charge in [0.05, 0.1) is 12.0 Å². The highest BCUT2D eigenvalue weighted by atomic mass is 16.2. The van der Waals surface area contributed by atoms with Gasteiger partial charge in [-0.2, -0.15) is 5.26 Å². The lowest BCUT2D eigenvalue weighted by molar-refractivity contribution is -0.134. The highest BCUT2D eigenvalue weighted by molar-refractivity contribution is 5.98. The molecule has 5 atom stereocenters. The fourth-order valence-electron chi connectivity index (χ4n) is 4.30. The largest absolute Gasteiger partial charge is 0.324 e. The quantitative estimate of drug-likeness (QED) is 0.855. The Balaban J connectivity index is 2.27. The zero-order valence-corrected chi connectivity index (χ0v) is 14.9. The number of urea groups is 1. The summed E-state index contributed by atoms with van der Waals surface area (Å²) in [6, 6.07) is 1.46. The predicted octanol–water partition coefficient (Wildman–Crippen LogP) is 2.34. The molecule has 1 aliphatic carbocycles. The van der Waals surface area contributed by atoms with Gasteiger partial charge in [-0.3, -0.25) is 14.9 Å².